The highest BCUT2D eigenvalue weighted by atomic mass is 16.5. The van der Waals surface area contributed by atoms with Crippen LogP contribution in [-0.2, 0) is 4.79 Å². The smallest absolute Gasteiger partial charge is 0.226 e. The molecule has 0 bridgehead atoms. The van der Waals surface area contributed by atoms with E-state index in [0.717, 1.165) is 25.6 Å². The molecule has 1 aliphatic heterocycles. The molecule has 1 aliphatic rings. The van der Waals surface area contributed by atoms with Crippen molar-refractivity contribution >= 4 is 11.6 Å². The summed E-state index contributed by atoms with van der Waals surface area (Å²) in [6.45, 7) is 12.1. The second-order valence-electron chi connectivity index (χ2n) is 8.61. The molecule has 0 spiro atoms. The summed E-state index contributed by atoms with van der Waals surface area (Å²) >= 11 is 0. The summed E-state index contributed by atoms with van der Waals surface area (Å²) < 4.78 is 10.5. The Morgan fingerprint density at radius 2 is 2.07 bits per heavy atom. The quantitative estimate of drug-likeness (QED) is 0.674. The first-order valence-electron chi connectivity index (χ1n) is 10.3. The molecule has 28 heavy (non-hydrogen) atoms. The first-order valence-corrected chi connectivity index (χ1v) is 10.3. The summed E-state index contributed by atoms with van der Waals surface area (Å²) in [7, 11) is 3.19. The molecule has 2 unspecified atom stereocenters. The predicted molar refractivity (Wildman–Crippen MR) is 114 cm³/mol. The lowest BCUT2D eigenvalue weighted by Crippen LogP contribution is -2.55. The summed E-state index contributed by atoms with van der Waals surface area (Å²) in [5.74, 6) is 2.01. The van der Waals surface area contributed by atoms with Crippen LogP contribution in [0.2, 0.25) is 0 Å². The third-order valence-corrected chi connectivity index (χ3v) is 5.57. The van der Waals surface area contributed by atoms with Crippen LogP contribution in [-0.4, -0.2) is 56.2 Å². The molecule has 6 nitrogen and oxygen atoms in total. The topological polar surface area (TPSA) is 62.8 Å². The summed E-state index contributed by atoms with van der Waals surface area (Å²) in [5, 5.41) is 6.48. The number of methoxy groups -OCH3 is 2. The molecule has 1 heterocycles. The molecule has 1 amide bonds. The van der Waals surface area contributed by atoms with Crippen LogP contribution in [0.15, 0.2) is 18.2 Å². The second kappa shape index (κ2) is 10.1. The summed E-state index contributed by atoms with van der Waals surface area (Å²) in [6, 6.07) is 5.46. The number of benzene rings is 1. The van der Waals surface area contributed by atoms with Gasteiger partial charge in [0.25, 0.3) is 0 Å². The lowest BCUT2D eigenvalue weighted by molar-refractivity contribution is -0.116. The normalized spacial score (nSPS) is 19.1. The minimum atomic E-state index is -0.0344. The zero-order chi connectivity index (χ0) is 20.7. The highest BCUT2D eigenvalue weighted by molar-refractivity contribution is 5.92. The number of carbonyl (C=O) groups excluding carboxylic acids is 1. The fraction of sp³-hybridized carbons (Fsp3) is 0.682. The average molecular weight is 392 g/mol. The molecule has 1 aromatic carbocycles. The van der Waals surface area contributed by atoms with E-state index in [0.29, 0.717) is 23.6 Å². The van der Waals surface area contributed by atoms with Gasteiger partial charge < -0.3 is 20.1 Å². The van der Waals surface area contributed by atoms with Gasteiger partial charge in [-0.25, -0.2) is 0 Å². The third-order valence-electron chi connectivity index (χ3n) is 5.57. The van der Waals surface area contributed by atoms with Crippen LogP contribution in [0, 0.1) is 5.92 Å². The Balaban J connectivity index is 1.84. The van der Waals surface area contributed by atoms with Gasteiger partial charge in [-0.15, -0.1) is 0 Å². The molecule has 2 N–H and O–H groups in total. The van der Waals surface area contributed by atoms with E-state index in [-0.39, 0.29) is 17.5 Å². The van der Waals surface area contributed by atoms with E-state index < -0.39 is 0 Å². The summed E-state index contributed by atoms with van der Waals surface area (Å²) in [6.07, 6.45) is 3.00. The zero-order valence-corrected chi connectivity index (χ0v) is 18.3. The SMILES string of the molecule is COc1ccc(NC(=O)CC(C)NCC(C)(C)N2CCCC(C)C2)c(OC)c1. The Morgan fingerprint density at radius 3 is 2.71 bits per heavy atom. The molecule has 0 aromatic heterocycles. The van der Waals surface area contributed by atoms with E-state index in [4.69, 9.17) is 9.47 Å². The number of ether oxygens (including phenoxy) is 2. The lowest BCUT2D eigenvalue weighted by Gasteiger charge is -2.43. The molecule has 0 aliphatic carbocycles. The van der Waals surface area contributed by atoms with Crippen molar-refractivity contribution in [1.82, 2.24) is 10.2 Å². The number of hydrogen-bond acceptors (Lipinski definition) is 5. The molecule has 1 fully saturated rings. The van der Waals surface area contributed by atoms with Gasteiger partial charge in [0, 0.05) is 37.2 Å². The van der Waals surface area contributed by atoms with Crippen molar-refractivity contribution in [3.63, 3.8) is 0 Å². The number of rotatable bonds is 9. The third kappa shape index (κ3) is 6.38. The number of anilines is 1. The van der Waals surface area contributed by atoms with Crippen LogP contribution < -0.4 is 20.1 Å². The maximum Gasteiger partial charge on any atom is 0.226 e. The second-order valence-corrected chi connectivity index (χ2v) is 8.61. The van der Waals surface area contributed by atoms with Crippen molar-refractivity contribution in [2.24, 2.45) is 5.92 Å². The zero-order valence-electron chi connectivity index (χ0n) is 18.3. The number of nitrogens with one attached hydrogen (secondary N) is 2. The monoisotopic (exact) mass is 391 g/mol. The molecular weight excluding hydrogens is 354 g/mol. The number of likely N-dealkylation sites (tertiary alicyclic amines) is 1. The predicted octanol–water partition coefficient (Wildman–Crippen LogP) is 3.52. The van der Waals surface area contributed by atoms with Crippen LogP contribution >= 0.6 is 0 Å². The van der Waals surface area contributed by atoms with Crippen LogP contribution in [0.25, 0.3) is 0 Å². The number of hydrogen-bond donors (Lipinski definition) is 2. The minimum Gasteiger partial charge on any atom is -0.497 e. The number of nitrogens with zero attached hydrogens (tertiary/aromatic N) is 1. The van der Waals surface area contributed by atoms with Gasteiger partial charge in [-0.2, -0.15) is 0 Å². The van der Waals surface area contributed by atoms with Crippen LogP contribution in [0.5, 0.6) is 11.5 Å². The molecule has 158 valence electrons. The first-order chi connectivity index (χ1) is 13.2. The van der Waals surface area contributed by atoms with Gasteiger partial charge in [0.05, 0.1) is 19.9 Å². The van der Waals surface area contributed by atoms with Gasteiger partial charge in [0.1, 0.15) is 11.5 Å². The molecule has 2 rings (SSSR count). The van der Waals surface area contributed by atoms with Crippen molar-refractivity contribution < 1.29 is 14.3 Å². The Labute approximate surface area is 170 Å². The largest absolute Gasteiger partial charge is 0.497 e. The van der Waals surface area contributed by atoms with Crippen LogP contribution in [0.4, 0.5) is 5.69 Å². The minimum absolute atomic E-state index is 0.0344. The molecule has 1 aromatic rings. The average Bonchev–Trinajstić information content (AvgIpc) is 2.66. The van der Waals surface area contributed by atoms with Gasteiger partial charge in [-0.3, -0.25) is 9.69 Å². The van der Waals surface area contributed by atoms with Crippen molar-refractivity contribution in [3.8, 4) is 11.5 Å². The van der Waals surface area contributed by atoms with Gasteiger partial charge in [-0.1, -0.05) is 6.92 Å². The van der Waals surface area contributed by atoms with Crippen molar-refractivity contribution in [2.45, 2.75) is 58.5 Å². The highest BCUT2D eigenvalue weighted by Gasteiger charge is 2.30. The molecule has 1 saturated heterocycles. The number of piperidine rings is 1. The van der Waals surface area contributed by atoms with E-state index in [9.17, 15) is 4.79 Å². The van der Waals surface area contributed by atoms with Crippen molar-refractivity contribution in [1.29, 1.82) is 0 Å². The Bertz CT molecular complexity index is 648. The molecule has 0 saturated carbocycles. The van der Waals surface area contributed by atoms with E-state index in [2.05, 4.69) is 43.2 Å². The van der Waals surface area contributed by atoms with Crippen LogP contribution in [0.3, 0.4) is 0 Å². The van der Waals surface area contributed by atoms with E-state index in [1.165, 1.54) is 12.8 Å². The maximum absolute atomic E-state index is 12.5. The fourth-order valence-electron chi connectivity index (χ4n) is 3.73. The fourth-order valence-corrected chi connectivity index (χ4v) is 3.73. The van der Waals surface area contributed by atoms with Crippen molar-refractivity contribution in [3.05, 3.63) is 18.2 Å². The van der Waals surface area contributed by atoms with E-state index in [1.54, 1.807) is 26.4 Å². The standard InChI is InChI=1S/C22H37N3O3/c1-16-8-7-11-25(14-16)22(3,4)15-23-17(2)12-21(26)24-19-10-9-18(27-5)13-20(19)28-6/h9-10,13,16-17,23H,7-8,11-12,14-15H2,1-6H3,(H,24,26). The van der Waals surface area contributed by atoms with Gasteiger partial charge in [0.2, 0.25) is 5.91 Å². The van der Waals surface area contributed by atoms with E-state index >= 15 is 0 Å². The van der Waals surface area contributed by atoms with E-state index in [1.807, 2.05) is 6.07 Å². The summed E-state index contributed by atoms with van der Waals surface area (Å²) in [4.78, 5) is 15.0. The lowest BCUT2D eigenvalue weighted by atomic mass is 9.93. The Hall–Kier alpha value is -1.79. The van der Waals surface area contributed by atoms with Crippen molar-refractivity contribution in [2.75, 3.05) is 39.2 Å². The maximum atomic E-state index is 12.5. The molecular formula is C22H37N3O3. The van der Waals surface area contributed by atoms with Crippen LogP contribution in [0.1, 0.15) is 47.0 Å². The molecule has 2 atom stereocenters. The van der Waals surface area contributed by atoms with Gasteiger partial charge in [0.15, 0.2) is 0 Å². The summed E-state index contributed by atoms with van der Waals surface area (Å²) in [5.41, 5.74) is 0.738. The Morgan fingerprint density at radius 1 is 1.32 bits per heavy atom. The van der Waals surface area contributed by atoms with Gasteiger partial charge in [-0.05, 0) is 58.2 Å². The van der Waals surface area contributed by atoms with Gasteiger partial charge >= 0.3 is 0 Å². The first kappa shape index (κ1) is 22.5. The molecule has 0 radical (unpaired) electrons. The number of amides is 1. The number of carbonyl (C=O) groups is 1. The highest BCUT2D eigenvalue weighted by Crippen LogP contribution is 2.29. The molecule has 6 heteroatoms. The Kier molecular flexibility index (Phi) is 8.13.